The minimum atomic E-state index is -1.52. The normalized spacial score (nSPS) is 11.1. The molecular formula is C9H10N6Si. The fourth-order valence-corrected chi connectivity index (χ4v) is 4.24. The molecule has 0 atom stereocenters. The number of H-pyrrole nitrogens is 3. The quantitative estimate of drug-likeness (QED) is 0.460. The van der Waals surface area contributed by atoms with Gasteiger partial charge in [-0.25, -0.2) is 0 Å². The molecule has 3 rings (SSSR count). The zero-order valence-corrected chi connectivity index (χ0v) is 9.54. The van der Waals surface area contributed by atoms with Crippen molar-refractivity contribution >= 4 is 24.7 Å². The highest BCUT2D eigenvalue weighted by molar-refractivity contribution is 6.93. The van der Waals surface area contributed by atoms with E-state index < -0.39 is 8.80 Å². The van der Waals surface area contributed by atoms with Crippen molar-refractivity contribution in [3.05, 3.63) is 36.8 Å². The highest BCUT2D eigenvalue weighted by Gasteiger charge is 2.22. The first-order valence-corrected chi connectivity index (χ1v) is 6.66. The summed E-state index contributed by atoms with van der Waals surface area (Å²) in [7, 11) is -1.52. The van der Waals surface area contributed by atoms with Gasteiger partial charge in [0.05, 0.1) is 0 Å². The molecule has 0 bridgehead atoms. The molecule has 0 aromatic carbocycles. The number of aromatic amines is 3. The molecule has 0 radical (unpaired) electrons. The summed E-state index contributed by atoms with van der Waals surface area (Å²) in [4.78, 5) is 0. The Balaban J connectivity index is 2.09. The molecule has 0 saturated carbocycles. The number of rotatable bonds is 3. The van der Waals surface area contributed by atoms with E-state index in [4.69, 9.17) is 0 Å². The molecule has 3 N–H and O–H groups in total. The van der Waals surface area contributed by atoms with Crippen LogP contribution in [-0.2, 0) is 0 Å². The third kappa shape index (κ3) is 1.46. The maximum absolute atomic E-state index is 4.00. The van der Waals surface area contributed by atoms with Crippen LogP contribution in [0.5, 0.6) is 0 Å². The van der Waals surface area contributed by atoms with Crippen LogP contribution < -0.4 is 16.0 Å². The van der Waals surface area contributed by atoms with E-state index in [1.807, 2.05) is 18.2 Å². The SMILES string of the molecule is c1cc([SiH](c2ccn[nH]2)c2ccn[nH]2)[nH]n1. The van der Waals surface area contributed by atoms with Gasteiger partial charge in [0.1, 0.15) is 0 Å². The fraction of sp³-hybridized carbons (Fsp3) is 0. The molecule has 7 heteroatoms. The summed E-state index contributed by atoms with van der Waals surface area (Å²) in [5.74, 6) is 0. The van der Waals surface area contributed by atoms with Gasteiger partial charge in [-0.15, -0.1) is 0 Å². The van der Waals surface area contributed by atoms with Gasteiger partial charge in [0.2, 0.25) is 0 Å². The van der Waals surface area contributed by atoms with Gasteiger partial charge in [0.25, 0.3) is 0 Å². The molecule has 6 nitrogen and oxygen atoms in total. The zero-order chi connectivity index (χ0) is 10.8. The van der Waals surface area contributed by atoms with Crippen LogP contribution in [0.1, 0.15) is 0 Å². The summed E-state index contributed by atoms with van der Waals surface area (Å²) >= 11 is 0. The van der Waals surface area contributed by atoms with Gasteiger partial charge in [-0.1, -0.05) is 0 Å². The Hall–Kier alpha value is -2.15. The lowest BCUT2D eigenvalue weighted by Crippen LogP contribution is -2.54. The minimum Gasteiger partial charge on any atom is -0.286 e. The summed E-state index contributed by atoms with van der Waals surface area (Å²) in [6, 6.07) is 6.00. The first kappa shape index (κ1) is 9.10. The zero-order valence-electron chi connectivity index (χ0n) is 8.38. The smallest absolute Gasteiger partial charge is 0.199 e. The van der Waals surface area contributed by atoms with Gasteiger partial charge in [-0.05, 0) is 18.2 Å². The van der Waals surface area contributed by atoms with E-state index in [-0.39, 0.29) is 0 Å². The van der Waals surface area contributed by atoms with Crippen LogP contribution in [-0.4, -0.2) is 39.4 Å². The number of hydrogen-bond donors (Lipinski definition) is 3. The largest absolute Gasteiger partial charge is 0.286 e. The monoisotopic (exact) mass is 230 g/mol. The lowest BCUT2D eigenvalue weighted by molar-refractivity contribution is 1.09. The number of aromatic nitrogens is 6. The molecule has 0 spiro atoms. The van der Waals surface area contributed by atoms with Crippen LogP contribution in [0.3, 0.4) is 0 Å². The Bertz CT molecular complexity index is 445. The van der Waals surface area contributed by atoms with Gasteiger partial charge in [-0.3, -0.25) is 15.3 Å². The van der Waals surface area contributed by atoms with E-state index in [2.05, 4.69) is 30.6 Å². The molecule has 80 valence electrons. The second-order valence-corrected chi connectivity index (χ2v) is 6.20. The van der Waals surface area contributed by atoms with E-state index in [1.165, 1.54) is 0 Å². The van der Waals surface area contributed by atoms with E-state index in [1.54, 1.807) is 18.6 Å². The topological polar surface area (TPSA) is 86.0 Å². The van der Waals surface area contributed by atoms with Crippen molar-refractivity contribution < 1.29 is 0 Å². The van der Waals surface area contributed by atoms with Gasteiger partial charge >= 0.3 is 0 Å². The van der Waals surface area contributed by atoms with Crippen LogP contribution >= 0.6 is 0 Å². The van der Waals surface area contributed by atoms with Crippen molar-refractivity contribution in [1.82, 2.24) is 30.6 Å². The summed E-state index contributed by atoms with van der Waals surface area (Å²) < 4.78 is 0. The maximum Gasteiger partial charge on any atom is 0.199 e. The van der Waals surface area contributed by atoms with Crippen LogP contribution in [0.15, 0.2) is 36.8 Å². The van der Waals surface area contributed by atoms with Gasteiger partial charge in [0.15, 0.2) is 8.80 Å². The third-order valence-corrected chi connectivity index (χ3v) is 5.33. The molecule has 0 saturated heterocycles. The number of nitrogens with one attached hydrogen (secondary N) is 3. The maximum atomic E-state index is 4.00. The molecule has 0 amide bonds. The molecular weight excluding hydrogens is 220 g/mol. The van der Waals surface area contributed by atoms with Crippen molar-refractivity contribution in [2.24, 2.45) is 0 Å². The Kier molecular flexibility index (Phi) is 2.15. The van der Waals surface area contributed by atoms with Crippen molar-refractivity contribution in [3.8, 4) is 0 Å². The summed E-state index contributed by atoms with van der Waals surface area (Å²) in [6.45, 7) is 0. The van der Waals surface area contributed by atoms with Crippen molar-refractivity contribution in [1.29, 1.82) is 0 Å². The second-order valence-electron chi connectivity index (χ2n) is 3.47. The summed E-state index contributed by atoms with van der Waals surface area (Å²) in [5.41, 5.74) is 0. The summed E-state index contributed by atoms with van der Waals surface area (Å²) in [5, 5.41) is 24.5. The van der Waals surface area contributed by atoms with Gasteiger partial charge < -0.3 is 0 Å². The molecule has 0 aliphatic carbocycles. The first-order valence-electron chi connectivity index (χ1n) is 4.93. The highest BCUT2D eigenvalue weighted by atomic mass is 28.3. The van der Waals surface area contributed by atoms with E-state index in [9.17, 15) is 0 Å². The first-order chi connectivity index (χ1) is 7.95. The van der Waals surface area contributed by atoms with Crippen molar-refractivity contribution in [2.45, 2.75) is 0 Å². The predicted molar refractivity (Wildman–Crippen MR) is 61.8 cm³/mol. The Morgan fingerprint density at radius 1 is 0.688 bits per heavy atom. The highest BCUT2D eigenvalue weighted by Crippen LogP contribution is 1.86. The van der Waals surface area contributed by atoms with Crippen molar-refractivity contribution in [3.63, 3.8) is 0 Å². The number of nitrogens with zero attached hydrogens (tertiary/aromatic N) is 3. The van der Waals surface area contributed by atoms with Gasteiger partial charge in [0, 0.05) is 34.5 Å². The molecule has 3 aromatic heterocycles. The van der Waals surface area contributed by atoms with Gasteiger partial charge in [-0.2, -0.15) is 15.3 Å². The second kappa shape index (κ2) is 3.78. The molecule has 16 heavy (non-hydrogen) atoms. The van der Waals surface area contributed by atoms with Crippen molar-refractivity contribution in [2.75, 3.05) is 0 Å². The fourth-order valence-electron chi connectivity index (χ4n) is 1.78. The third-order valence-electron chi connectivity index (χ3n) is 2.50. The van der Waals surface area contributed by atoms with Crippen LogP contribution in [0.4, 0.5) is 0 Å². The number of hydrogen-bond acceptors (Lipinski definition) is 3. The molecule has 3 heterocycles. The molecule has 0 fully saturated rings. The molecule has 0 aliphatic heterocycles. The summed E-state index contributed by atoms with van der Waals surface area (Å²) in [6.07, 6.45) is 5.30. The lowest BCUT2D eigenvalue weighted by atomic mass is 10.7. The van der Waals surface area contributed by atoms with E-state index in [0.29, 0.717) is 0 Å². The lowest BCUT2D eigenvalue weighted by Gasteiger charge is -2.08. The van der Waals surface area contributed by atoms with Crippen LogP contribution in [0.2, 0.25) is 0 Å². The minimum absolute atomic E-state index is 1.13. The average Bonchev–Trinajstić information content (AvgIpc) is 3.02. The Labute approximate surface area is 92.7 Å². The van der Waals surface area contributed by atoms with Crippen LogP contribution in [0.25, 0.3) is 0 Å². The molecule has 0 unspecified atom stereocenters. The molecule has 0 aliphatic rings. The Morgan fingerprint density at radius 2 is 1.06 bits per heavy atom. The predicted octanol–water partition coefficient (Wildman–Crippen LogP) is -1.90. The molecule has 3 aromatic rings. The van der Waals surface area contributed by atoms with E-state index >= 15 is 0 Å². The van der Waals surface area contributed by atoms with Crippen LogP contribution in [0, 0.1) is 0 Å². The average molecular weight is 230 g/mol. The Morgan fingerprint density at radius 3 is 1.31 bits per heavy atom. The van der Waals surface area contributed by atoms with E-state index in [0.717, 1.165) is 16.0 Å². The standard InChI is InChI=1S/C9H10N6Si/c1-4-10-13-7(1)16(8-2-5-11-14-8)9-3-6-12-15-9/h1-6,16H,(H,10,13)(H,11,14)(H,12,15).